The molecular formula is C15H17N5O4. The first-order valence-electron chi connectivity index (χ1n) is 7.62. The summed E-state index contributed by atoms with van der Waals surface area (Å²) < 4.78 is 1.77. The third-order valence-electron chi connectivity index (χ3n) is 4.40. The molecule has 1 aliphatic heterocycles. The summed E-state index contributed by atoms with van der Waals surface area (Å²) in [6.45, 7) is 1.33. The molecule has 0 aliphatic carbocycles. The number of benzene rings is 1. The van der Waals surface area contributed by atoms with E-state index in [4.69, 9.17) is 0 Å². The maximum absolute atomic E-state index is 11.3. The molecule has 0 amide bonds. The molecule has 24 heavy (non-hydrogen) atoms. The van der Waals surface area contributed by atoms with Crippen LogP contribution >= 0.6 is 0 Å². The third-order valence-corrected chi connectivity index (χ3v) is 4.40. The van der Waals surface area contributed by atoms with Crippen molar-refractivity contribution in [2.45, 2.75) is 18.8 Å². The standard InChI is InChI=1S/C15H17N5O4/c1-17-10-12(9-16-17)11-4-6-18(7-5-11)14-3-2-13(19(21)22)8-15(14)20(23)24/h2-3,8-11H,4-7H2,1H3. The average Bonchev–Trinajstić information content (AvgIpc) is 3.01. The minimum Gasteiger partial charge on any atom is -0.366 e. The molecule has 126 valence electrons. The molecule has 9 heteroatoms. The Kier molecular flexibility index (Phi) is 4.15. The van der Waals surface area contributed by atoms with Gasteiger partial charge in [-0.2, -0.15) is 5.10 Å². The van der Waals surface area contributed by atoms with Crippen LogP contribution in [0.25, 0.3) is 0 Å². The Morgan fingerprint density at radius 1 is 1.17 bits per heavy atom. The summed E-state index contributed by atoms with van der Waals surface area (Å²) in [4.78, 5) is 22.8. The molecule has 0 unspecified atom stereocenters. The first-order valence-corrected chi connectivity index (χ1v) is 7.62. The van der Waals surface area contributed by atoms with Crippen molar-refractivity contribution in [3.63, 3.8) is 0 Å². The Hall–Kier alpha value is -2.97. The molecule has 1 aromatic heterocycles. The van der Waals surface area contributed by atoms with E-state index in [1.807, 2.05) is 24.3 Å². The van der Waals surface area contributed by atoms with E-state index in [0.717, 1.165) is 18.9 Å². The van der Waals surface area contributed by atoms with Gasteiger partial charge in [0.15, 0.2) is 0 Å². The van der Waals surface area contributed by atoms with Crippen molar-refractivity contribution in [1.82, 2.24) is 9.78 Å². The number of nitro benzene ring substituents is 2. The molecular weight excluding hydrogens is 314 g/mol. The molecule has 2 aromatic rings. The quantitative estimate of drug-likeness (QED) is 0.629. The highest BCUT2D eigenvalue weighted by atomic mass is 16.6. The van der Waals surface area contributed by atoms with Gasteiger partial charge in [-0.15, -0.1) is 0 Å². The average molecular weight is 331 g/mol. The Labute approximate surface area is 137 Å². The molecule has 0 spiro atoms. The zero-order chi connectivity index (χ0) is 17.3. The number of piperidine rings is 1. The Morgan fingerprint density at radius 2 is 1.88 bits per heavy atom. The first-order chi connectivity index (χ1) is 11.5. The number of anilines is 1. The van der Waals surface area contributed by atoms with Crippen LogP contribution in [0.4, 0.5) is 17.1 Å². The summed E-state index contributed by atoms with van der Waals surface area (Å²) in [5, 5.41) is 26.3. The zero-order valence-corrected chi connectivity index (χ0v) is 13.2. The fourth-order valence-electron chi connectivity index (χ4n) is 3.14. The van der Waals surface area contributed by atoms with Crippen molar-refractivity contribution < 1.29 is 9.85 Å². The number of aryl methyl sites for hydroxylation is 1. The lowest BCUT2D eigenvalue weighted by Crippen LogP contribution is -2.33. The van der Waals surface area contributed by atoms with Crippen LogP contribution in [-0.4, -0.2) is 32.7 Å². The van der Waals surface area contributed by atoms with Gasteiger partial charge in [-0.25, -0.2) is 0 Å². The summed E-state index contributed by atoms with van der Waals surface area (Å²) in [6, 6.07) is 3.82. The summed E-state index contributed by atoms with van der Waals surface area (Å²) in [5.41, 5.74) is 1.13. The number of hydrogen-bond donors (Lipinski definition) is 0. The fourth-order valence-corrected chi connectivity index (χ4v) is 3.14. The molecule has 0 N–H and O–H groups in total. The monoisotopic (exact) mass is 331 g/mol. The highest BCUT2D eigenvalue weighted by Crippen LogP contribution is 2.36. The summed E-state index contributed by atoms with van der Waals surface area (Å²) in [5.74, 6) is 0.382. The van der Waals surface area contributed by atoms with Gasteiger partial charge < -0.3 is 4.90 Å². The lowest BCUT2D eigenvalue weighted by atomic mass is 9.91. The van der Waals surface area contributed by atoms with Crippen LogP contribution in [0.15, 0.2) is 30.6 Å². The predicted octanol–water partition coefficient (Wildman–Crippen LogP) is 2.62. The highest BCUT2D eigenvalue weighted by molar-refractivity contribution is 5.67. The van der Waals surface area contributed by atoms with E-state index in [0.29, 0.717) is 24.7 Å². The summed E-state index contributed by atoms with van der Waals surface area (Å²) >= 11 is 0. The number of nitrogens with zero attached hydrogens (tertiary/aromatic N) is 5. The molecule has 9 nitrogen and oxygen atoms in total. The van der Waals surface area contributed by atoms with E-state index >= 15 is 0 Å². The molecule has 3 rings (SSSR count). The van der Waals surface area contributed by atoms with Crippen LogP contribution in [0.5, 0.6) is 0 Å². The highest BCUT2D eigenvalue weighted by Gasteiger charge is 2.27. The zero-order valence-electron chi connectivity index (χ0n) is 13.2. The molecule has 0 radical (unpaired) electrons. The smallest absolute Gasteiger partial charge is 0.299 e. The molecule has 1 aliphatic rings. The summed E-state index contributed by atoms with van der Waals surface area (Å²) in [6.07, 6.45) is 5.57. The molecule has 2 heterocycles. The van der Waals surface area contributed by atoms with E-state index in [2.05, 4.69) is 5.10 Å². The van der Waals surface area contributed by atoms with Crippen molar-refractivity contribution in [1.29, 1.82) is 0 Å². The number of nitro groups is 2. The normalized spacial score (nSPS) is 15.5. The van der Waals surface area contributed by atoms with E-state index in [1.165, 1.54) is 17.7 Å². The lowest BCUT2D eigenvalue weighted by molar-refractivity contribution is -0.393. The maximum atomic E-state index is 11.3. The minimum absolute atomic E-state index is 0.218. The van der Waals surface area contributed by atoms with Gasteiger partial charge in [0.2, 0.25) is 0 Å². The van der Waals surface area contributed by atoms with Gasteiger partial charge in [0.25, 0.3) is 11.4 Å². The first kappa shape index (κ1) is 15.9. The second-order valence-corrected chi connectivity index (χ2v) is 5.90. The molecule has 1 saturated heterocycles. The molecule has 0 atom stereocenters. The van der Waals surface area contributed by atoms with Crippen molar-refractivity contribution in [3.8, 4) is 0 Å². The minimum atomic E-state index is -0.620. The number of rotatable bonds is 4. The van der Waals surface area contributed by atoms with Crippen LogP contribution in [0.3, 0.4) is 0 Å². The predicted molar refractivity (Wildman–Crippen MR) is 87.1 cm³/mol. The lowest BCUT2D eigenvalue weighted by Gasteiger charge is -2.32. The maximum Gasteiger partial charge on any atom is 0.299 e. The van der Waals surface area contributed by atoms with Gasteiger partial charge in [0, 0.05) is 32.4 Å². The van der Waals surface area contributed by atoms with Crippen molar-refractivity contribution in [3.05, 3.63) is 56.4 Å². The van der Waals surface area contributed by atoms with Crippen molar-refractivity contribution in [2.75, 3.05) is 18.0 Å². The van der Waals surface area contributed by atoms with Gasteiger partial charge in [-0.05, 0) is 30.4 Å². The fraction of sp³-hybridized carbons (Fsp3) is 0.400. The van der Waals surface area contributed by atoms with Crippen molar-refractivity contribution in [2.24, 2.45) is 7.05 Å². The van der Waals surface area contributed by atoms with Crippen LogP contribution in [0.1, 0.15) is 24.3 Å². The Bertz CT molecular complexity index is 780. The number of aromatic nitrogens is 2. The largest absolute Gasteiger partial charge is 0.366 e. The van der Waals surface area contributed by atoms with E-state index in [1.54, 1.807) is 4.68 Å². The van der Waals surface area contributed by atoms with E-state index in [-0.39, 0.29) is 11.4 Å². The second kappa shape index (κ2) is 6.26. The van der Waals surface area contributed by atoms with E-state index in [9.17, 15) is 20.2 Å². The SMILES string of the molecule is Cn1cc(C2CCN(c3ccc([N+](=O)[O-])cc3[N+](=O)[O-])CC2)cn1. The topological polar surface area (TPSA) is 107 Å². The molecule has 1 aromatic carbocycles. The van der Waals surface area contributed by atoms with Crippen LogP contribution in [0, 0.1) is 20.2 Å². The Morgan fingerprint density at radius 3 is 2.42 bits per heavy atom. The second-order valence-electron chi connectivity index (χ2n) is 5.90. The number of hydrogen-bond acceptors (Lipinski definition) is 6. The van der Waals surface area contributed by atoms with Gasteiger partial charge in [-0.1, -0.05) is 0 Å². The van der Waals surface area contributed by atoms with Crippen LogP contribution in [-0.2, 0) is 7.05 Å². The molecule has 0 saturated carbocycles. The number of non-ortho nitro benzene ring substituents is 1. The van der Waals surface area contributed by atoms with Crippen LogP contribution in [0.2, 0.25) is 0 Å². The van der Waals surface area contributed by atoms with Crippen molar-refractivity contribution >= 4 is 17.1 Å². The van der Waals surface area contributed by atoms with Gasteiger partial charge >= 0.3 is 0 Å². The Balaban J connectivity index is 1.78. The van der Waals surface area contributed by atoms with Gasteiger partial charge in [0.1, 0.15) is 5.69 Å². The third kappa shape index (κ3) is 3.05. The molecule has 0 bridgehead atoms. The van der Waals surface area contributed by atoms with Gasteiger partial charge in [-0.3, -0.25) is 24.9 Å². The van der Waals surface area contributed by atoms with Gasteiger partial charge in [0.05, 0.1) is 22.1 Å². The summed E-state index contributed by atoms with van der Waals surface area (Å²) in [7, 11) is 1.87. The van der Waals surface area contributed by atoms with Crippen LogP contribution < -0.4 is 4.90 Å². The van der Waals surface area contributed by atoms with E-state index < -0.39 is 9.85 Å². The molecule has 1 fully saturated rings.